The van der Waals surface area contributed by atoms with Crippen molar-refractivity contribution in [2.75, 3.05) is 12.9 Å². The second-order valence-corrected chi connectivity index (χ2v) is 5.06. The van der Waals surface area contributed by atoms with E-state index in [0.29, 0.717) is 18.9 Å². The summed E-state index contributed by atoms with van der Waals surface area (Å²) in [7, 11) is 0. The number of thioether (sulfide) groups is 1. The Morgan fingerprint density at radius 2 is 2.15 bits per heavy atom. The van der Waals surface area contributed by atoms with E-state index in [-0.39, 0.29) is 11.2 Å². The second kappa shape index (κ2) is 7.04. The molecule has 2 rings (SSSR count). The van der Waals surface area contributed by atoms with Gasteiger partial charge in [0.05, 0.1) is 12.3 Å². The van der Waals surface area contributed by atoms with Gasteiger partial charge in [0.1, 0.15) is 5.25 Å². The first kappa shape index (κ1) is 14.5. The molecule has 0 bridgehead atoms. The van der Waals surface area contributed by atoms with Crippen LogP contribution < -0.4 is 0 Å². The van der Waals surface area contributed by atoms with E-state index in [9.17, 15) is 4.79 Å². The van der Waals surface area contributed by atoms with E-state index in [1.165, 1.54) is 11.8 Å². The summed E-state index contributed by atoms with van der Waals surface area (Å²) in [6, 6.07) is 9.59. The molecule has 0 aliphatic carbocycles. The van der Waals surface area contributed by atoms with Gasteiger partial charge in [0.15, 0.2) is 5.82 Å². The minimum atomic E-state index is -0.302. The van der Waals surface area contributed by atoms with Gasteiger partial charge in [0, 0.05) is 6.42 Å². The Morgan fingerprint density at radius 1 is 1.40 bits per heavy atom. The minimum absolute atomic E-state index is 0.234. The average molecular weight is 292 g/mol. The summed E-state index contributed by atoms with van der Waals surface area (Å²) in [6.45, 7) is 2.17. The number of nitrogens with zero attached hydrogens (tertiary/aromatic N) is 4. The van der Waals surface area contributed by atoms with Crippen LogP contribution in [0.3, 0.4) is 0 Å². The van der Waals surface area contributed by atoms with Gasteiger partial charge in [-0.05, 0) is 35.7 Å². The van der Waals surface area contributed by atoms with Crippen molar-refractivity contribution in [3.8, 4) is 5.69 Å². The predicted octanol–water partition coefficient (Wildman–Crippen LogP) is 1.50. The maximum Gasteiger partial charge on any atom is 0.319 e. The van der Waals surface area contributed by atoms with Crippen LogP contribution in [-0.2, 0) is 16.0 Å². The molecule has 0 fully saturated rings. The fourth-order valence-electron chi connectivity index (χ4n) is 1.77. The van der Waals surface area contributed by atoms with Gasteiger partial charge in [-0.2, -0.15) is 4.68 Å². The van der Waals surface area contributed by atoms with Crippen molar-refractivity contribution in [1.29, 1.82) is 0 Å². The molecule has 0 aliphatic heterocycles. The smallest absolute Gasteiger partial charge is 0.319 e. The molecule has 20 heavy (non-hydrogen) atoms. The van der Waals surface area contributed by atoms with Gasteiger partial charge in [0.25, 0.3) is 0 Å². The number of hydrogen-bond donors (Lipinski definition) is 0. The van der Waals surface area contributed by atoms with E-state index in [4.69, 9.17) is 4.74 Å². The Balaban J connectivity index is 2.18. The summed E-state index contributed by atoms with van der Waals surface area (Å²) in [4.78, 5) is 11.8. The molecule has 1 aromatic carbocycles. The van der Waals surface area contributed by atoms with E-state index >= 15 is 0 Å². The first-order valence-electron chi connectivity index (χ1n) is 6.28. The van der Waals surface area contributed by atoms with Crippen molar-refractivity contribution in [2.45, 2.75) is 18.6 Å². The number of rotatable bonds is 6. The molecule has 0 saturated carbocycles. The maximum atomic E-state index is 11.8. The molecule has 1 atom stereocenters. The molecule has 0 radical (unpaired) electrons. The lowest BCUT2D eigenvalue weighted by Crippen LogP contribution is -2.24. The Hall–Kier alpha value is -1.89. The number of carbonyl (C=O) groups is 1. The van der Waals surface area contributed by atoms with E-state index in [2.05, 4.69) is 15.5 Å². The van der Waals surface area contributed by atoms with Gasteiger partial charge in [-0.3, -0.25) is 4.79 Å². The second-order valence-electron chi connectivity index (χ2n) is 4.02. The molecule has 1 aromatic heterocycles. The third-order valence-electron chi connectivity index (χ3n) is 2.74. The van der Waals surface area contributed by atoms with Crippen LogP contribution in [0.25, 0.3) is 5.69 Å². The third-order valence-corrected chi connectivity index (χ3v) is 3.66. The number of hydrogen-bond acceptors (Lipinski definition) is 6. The Bertz CT molecular complexity index is 559. The fourth-order valence-corrected chi connectivity index (χ4v) is 2.34. The molecule has 6 nitrogen and oxygen atoms in total. The minimum Gasteiger partial charge on any atom is -0.465 e. The van der Waals surface area contributed by atoms with Crippen molar-refractivity contribution >= 4 is 17.7 Å². The standard InChI is InChI=1S/C13H16N4O2S/c1-3-19-13(18)11(20-2)9-12-14-15-16-17(12)10-7-5-4-6-8-10/h4-8,11H,3,9H2,1-2H3. The van der Waals surface area contributed by atoms with E-state index in [1.54, 1.807) is 11.6 Å². The van der Waals surface area contributed by atoms with Crippen LogP contribution in [0.5, 0.6) is 0 Å². The van der Waals surface area contributed by atoms with Crippen LogP contribution >= 0.6 is 11.8 Å². The first-order valence-corrected chi connectivity index (χ1v) is 7.57. The summed E-state index contributed by atoms with van der Waals surface area (Å²) in [5.74, 6) is 0.409. The number of para-hydroxylation sites is 1. The van der Waals surface area contributed by atoms with Crippen molar-refractivity contribution in [1.82, 2.24) is 20.2 Å². The van der Waals surface area contributed by atoms with Crippen molar-refractivity contribution in [3.05, 3.63) is 36.2 Å². The highest BCUT2D eigenvalue weighted by Crippen LogP contribution is 2.16. The molecular weight excluding hydrogens is 276 g/mol. The van der Waals surface area contributed by atoms with Gasteiger partial charge in [-0.25, -0.2) is 0 Å². The molecule has 106 valence electrons. The summed E-state index contributed by atoms with van der Waals surface area (Å²) in [5.41, 5.74) is 0.871. The largest absolute Gasteiger partial charge is 0.465 e. The van der Waals surface area contributed by atoms with Crippen LogP contribution in [0.15, 0.2) is 30.3 Å². The lowest BCUT2D eigenvalue weighted by Gasteiger charge is -2.12. The molecule has 0 aliphatic rings. The highest BCUT2D eigenvalue weighted by Gasteiger charge is 2.22. The zero-order valence-corrected chi connectivity index (χ0v) is 12.2. The summed E-state index contributed by atoms with van der Waals surface area (Å²) in [5, 5.41) is 11.4. The topological polar surface area (TPSA) is 69.9 Å². The Morgan fingerprint density at radius 3 is 2.80 bits per heavy atom. The zero-order valence-electron chi connectivity index (χ0n) is 11.4. The monoisotopic (exact) mass is 292 g/mol. The number of esters is 1. The van der Waals surface area contributed by atoms with Crippen LogP contribution in [0.1, 0.15) is 12.7 Å². The SMILES string of the molecule is CCOC(=O)C(Cc1nnnn1-c1ccccc1)SC. The van der Waals surface area contributed by atoms with E-state index < -0.39 is 0 Å². The average Bonchev–Trinajstić information content (AvgIpc) is 2.94. The fraction of sp³-hybridized carbons (Fsp3) is 0.385. The van der Waals surface area contributed by atoms with Crippen molar-refractivity contribution < 1.29 is 9.53 Å². The lowest BCUT2D eigenvalue weighted by molar-refractivity contribution is -0.142. The summed E-state index contributed by atoms with van der Waals surface area (Å²) < 4.78 is 6.69. The number of benzene rings is 1. The summed E-state index contributed by atoms with van der Waals surface area (Å²) in [6.07, 6.45) is 2.31. The van der Waals surface area contributed by atoms with Crippen molar-refractivity contribution in [3.63, 3.8) is 0 Å². The Labute approximate surface area is 121 Å². The van der Waals surface area contributed by atoms with Gasteiger partial charge >= 0.3 is 5.97 Å². The van der Waals surface area contributed by atoms with Crippen LogP contribution in [0, 0.1) is 0 Å². The third kappa shape index (κ3) is 3.36. The summed E-state index contributed by atoms with van der Waals surface area (Å²) >= 11 is 1.44. The van der Waals surface area contributed by atoms with Crippen molar-refractivity contribution in [2.24, 2.45) is 0 Å². The molecule has 0 spiro atoms. The predicted molar refractivity (Wildman–Crippen MR) is 76.8 cm³/mol. The van der Waals surface area contributed by atoms with Crippen LogP contribution in [-0.4, -0.2) is 44.3 Å². The van der Waals surface area contributed by atoms with Crippen LogP contribution in [0.4, 0.5) is 0 Å². The number of carbonyl (C=O) groups excluding carboxylic acids is 1. The maximum absolute atomic E-state index is 11.8. The first-order chi connectivity index (χ1) is 9.76. The molecule has 7 heteroatoms. The van der Waals surface area contributed by atoms with E-state index in [0.717, 1.165) is 5.69 Å². The quantitative estimate of drug-likeness (QED) is 0.751. The van der Waals surface area contributed by atoms with Gasteiger partial charge in [-0.1, -0.05) is 18.2 Å². The molecule has 0 saturated heterocycles. The highest BCUT2D eigenvalue weighted by molar-refractivity contribution is 7.99. The number of ether oxygens (including phenoxy) is 1. The highest BCUT2D eigenvalue weighted by atomic mass is 32.2. The van der Waals surface area contributed by atoms with Gasteiger partial charge in [-0.15, -0.1) is 16.9 Å². The molecule has 2 aromatic rings. The number of tetrazole rings is 1. The van der Waals surface area contributed by atoms with E-state index in [1.807, 2.05) is 36.6 Å². The molecule has 0 amide bonds. The van der Waals surface area contributed by atoms with Crippen LogP contribution in [0.2, 0.25) is 0 Å². The molecule has 0 N–H and O–H groups in total. The molecular formula is C13H16N4O2S. The lowest BCUT2D eigenvalue weighted by atomic mass is 10.2. The van der Waals surface area contributed by atoms with Gasteiger partial charge in [0.2, 0.25) is 0 Å². The zero-order chi connectivity index (χ0) is 14.4. The van der Waals surface area contributed by atoms with Gasteiger partial charge < -0.3 is 4.74 Å². The molecule has 1 heterocycles. The normalized spacial score (nSPS) is 12.1. The molecule has 1 unspecified atom stereocenters. The Kier molecular flexibility index (Phi) is 5.11. The number of aromatic nitrogens is 4.